The molecule has 0 aliphatic carbocycles. The molecule has 0 heterocycles. The van der Waals surface area contributed by atoms with E-state index in [4.69, 9.17) is 4.74 Å². The third-order valence-electron chi connectivity index (χ3n) is 2.97. The third kappa shape index (κ3) is 4.10. The van der Waals surface area contributed by atoms with Crippen LogP contribution in [0.15, 0.2) is 0 Å². The summed E-state index contributed by atoms with van der Waals surface area (Å²) in [7, 11) is 3.94. The van der Waals surface area contributed by atoms with Gasteiger partial charge in [-0.3, -0.25) is 14.4 Å². The summed E-state index contributed by atoms with van der Waals surface area (Å²) in [5.41, 5.74) is -1.33. The minimum Gasteiger partial charge on any atom is -0.469 e. The van der Waals surface area contributed by atoms with Crippen LogP contribution < -0.4 is 0 Å². The molecule has 0 aliphatic heterocycles. The molecule has 6 heteroatoms. The smallest absolute Gasteiger partial charge is 0.319 e. The normalized spacial score (nSPS) is 13.6. The minimum atomic E-state index is -1.33. The second-order valence-electron chi connectivity index (χ2n) is 3.95. The molecule has 0 rings (SSSR count). The van der Waals surface area contributed by atoms with Crippen molar-refractivity contribution in [3.05, 3.63) is 0 Å². The molecule has 18 heavy (non-hydrogen) atoms. The Kier molecular flexibility index (Phi) is 7.19. The lowest BCUT2D eigenvalue weighted by molar-refractivity contribution is -0.160. The Balaban J connectivity index is 5.00. The number of esters is 2. The summed E-state index contributed by atoms with van der Waals surface area (Å²) >= 11 is 0. The molecule has 0 aromatic rings. The first-order chi connectivity index (χ1) is 8.44. The molecular formula is C12H20O6. The van der Waals surface area contributed by atoms with Crippen molar-refractivity contribution >= 4 is 17.7 Å². The molecule has 0 saturated heterocycles. The number of carbonyl (C=O) groups excluding carboxylic acids is 3. The Hall–Kier alpha value is -1.43. The first kappa shape index (κ1) is 16.6. The summed E-state index contributed by atoms with van der Waals surface area (Å²) in [6, 6.07) is 0. The highest BCUT2D eigenvalue weighted by molar-refractivity contribution is 6.02. The monoisotopic (exact) mass is 260 g/mol. The van der Waals surface area contributed by atoms with Gasteiger partial charge in [-0.25, -0.2) is 0 Å². The zero-order chi connectivity index (χ0) is 14.2. The van der Waals surface area contributed by atoms with E-state index in [0.29, 0.717) is 0 Å². The Labute approximate surface area is 107 Å². The summed E-state index contributed by atoms with van der Waals surface area (Å²) in [6.45, 7) is 1.54. The van der Waals surface area contributed by atoms with E-state index in [1.807, 2.05) is 0 Å². The van der Waals surface area contributed by atoms with Gasteiger partial charge in [-0.05, 0) is 19.8 Å². The second kappa shape index (κ2) is 7.81. The van der Waals surface area contributed by atoms with E-state index in [2.05, 4.69) is 9.47 Å². The topological polar surface area (TPSA) is 78.9 Å². The number of hydrogen-bond donors (Lipinski definition) is 0. The number of ether oxygens (including phenoxy) is 3. The summed E-state index contributed by atoms with van der Waals surface area (Å²) in [5.74, 6) is -1.45. The zero-order valence-electron chi connectivity index (χ0n) is 11.3. The average Bonchev–Trinajstić information content (AvgIpc) is 2.37. The summed E-state index contributed by atoms with van der Waals surface area (Å²) in [5, 5.41) is 0. The van der Waals surface area contributed by atoms with Crippen LogP contribution in [0, 0.1) is 5.41 Å². The number of hydrogen-bond acceptors (Lipinski definition) is 6. The molecule has 0 saturated carbocycles. The van der Waals surface area contributed by atoms with E-state index >= 15 is 0 Å². The largest absolute Gasteiger partial charge is 0.469 e. The van der Waals surface area contributed by atoms with Crippen molar-refractivity contribution in [1.29, 1.82) is 0 Å². The lowest BCUT2D eigenvalue weighted by atomic mass is 9.77. The third-order valence-corrected chi connectivity index (χ3v) is 2.97. The van der Waals surface area contributed by atoms with Gasteiger partial charge in [0, 0.05) is 20.1 Å². The predicted octanol–water partition coefficient (Wildman–Crippen LogP) is 0.724. The molecule has 0 aromatic carbocycles. The van der Waals surface area contributed by atoms with Crippen LogP contribution in [0.1, 0.15) is 26.2 Å². The fourth-order valence-corrected chi connectivity index (χ4v) is 1.71. The van der Waals surface area contributed by atoms with Crippen molar-refractivity contribution in [3.8, 4) is 0 Å². The van der Waals surface area contributed by atoms with Crippen molar-refractivity contribution in [3.63, 3.8) is 0 Å². The van der Waals surface area contributed by atoms with Crippen LogP contribution >= 0.6 is 0 Å². The van der Waals surface area contributed by atoms with Crippen LogP contribution in [-0.2, 0) is 28.6 Å². The van der Waals surface area contributed by atoms with E-state index in [1.54, 1.807) is 0 Å². The SMILES string of the molecule is COCCC(CCC(=O)OC)(C(C)=O)C(=O)OC. The standard InChI is InChI=1S/C12H20O6/c1-9(13)12(7-8-16-2,11(15)18-4)6-5-10(14)17-3/h5-8H2,1-4H3. The number of methoxy groups -OCH3 is 3. The van der Waals surface area contributed by atoms with Crippen LogP contribution in [0.3, 0.4) is 0 Å². The predicted molar refractivity (Wildman–Crippen MR) is 62.9 cm³/mol. The lowest BCUT2D eigenvalue weighted by Gasteiger charge is -2.27. The van der Waals surface area contributed by atoms with Gasteiger partial charge in [-0.2, -0.15) is 0 Å². The summed E-state index contributed by atoms with van der Waals surface area (Å²) in [4.78, 5) is 34.7. The van der Waals surface area contributed by atoms with E-state index in [0.717, 1.165) is 0 Å². The fraction of sp³-hybridized carbons (Fsp3) is 0.750. The molecule has 6 nitrogen and oxygen atoms in total. The van der Waals surface area contributed by atoms with Gasteiger partial charge in [-0.1, -0.05) is 0 Å². The number of Topliss-reactive ketones (excluding diaryl/α,β-unsaturated/α-hetero) is 1. The van der Waals surface area contributed by atoms with Crippen LogP contribution in [0.5, 0.6) is 0 Å². The van der Waals surface area contributed by atoms with Crippen molar-refractivity contribution in [2.24, 2.45) is 5.41 Å². The van der Waals surface area contributed by atoms with Gasteiger partial charge in [0.25, 0.3) is 0 Å². The van der Waals surface area contributed by atoms with E-state index < -0.39 is 17.4 Å². The number of carbonyl (C=O) groups is 3. The maximum atomic E-state index is 11.8. The molecule has 1 unspecified atom stereocenters. The van der Waals surface area contributed by atoms with Gasteiger partial charge in [0.1, 0.15) is 11.2 Å². The molecule has 0 fully saturated rings. The minimum absolute atomic E-state index is 0.0190. The van der Waals surface area contributed by atoms with Crippen molar-refractivity contribution in [2.45, 2.75) is 26.2 Å². The molecule has 0 spiro atoms. The van der Waals surface area contributed by atoms with Crippen molar-refractivity contribution < 1.29 is 28.6 Å². The molecule has 0 amide bonds. The van der Waals surface area contributed by atoms with Crippen molar-refractivity contribution in [1.82, 2.24) is 0 Å². The molecule has 0 radical (unpaired) electrons. The zero-order valence-corrected chi connectivity index (χ0v) is 11.3. The maximum Gasteiger partial charge on any atom is 0.319 e. The Bertz CT molecular complexity index is 312. The first-order valence-corrected chi connectivity index (χ1v) is 5.59. The summed E-state index contributed by atoms with van der Waals surface area (Å²) in [6.07, 6.45) is 0.225. The highest BCUT2D eigenvalue weighted by Crippen LogP contribution is 2.31. The Morgan fingerprint density at radius 1 is 1.00 bits per heavy atom. The van der Waals surface area contributed by atoms with Gasteiger partial charge in [0.05, 0.1) is 14.2 Å². The van der Waals surface area contributed by atoms with Crippen LogP contribution in [0.4, 0.5) is 0 Å². The van der Waals surface area contributed by atoms with Gasteiger partial charge in [0.2, 0.25) is 0 Å². The van der Waals surface area contributed by atoms with E-state index in [1.165, 1.54) is 28.3 Å². The molecule has 0 bridgehead atoms. The second-order valence-corrected chi connectivity index (χ2v) is 3.95. The molecule has 0 aliphatic rings. The molecule has 1 atom stereocenters. The van der Waals surface area contributed by atoms with Gasteiger partial charge in [-0.15, -0.1) is 0 Å². The van der Waals surface area contributed by atoms with Crippen molar-refractivity contribution in [2.75, 3.05) is 27.9 Å². The average molecular weight is 260 g/mol. The van der Waals surface area contributed by atoms with Gasteiger partial charge < -0.3 is 14.2 Å². The quantitative estimate of drug-likeness (QED) is 0.473. The maximum absolute atomic E-state index is 11.8. The Morgan fingerprint density at radius 3 is 2.00 bits per heavy atom. The van der Waals surface area contributed by atoms with E-state index in [9.17, 15) is 14.4 Å². The van der Waals surface area contributed by atoms with Crippen LogP contribution in [-0.4, -0.2) is 45.7 Å². The van der Waals surface area contributed by atoms with Crippen LogP contribution in [0.25, 0.3) is 0 Å². The summed E-state index contributed by atoms with van der Waals surface area (Å²) < 4.78 is 14.1. The molecule has 0 N–H and O–H groups in total. The highest BCUT2D eigenvalue weighted by atomic mass is 16.5. The Morgan fingerprint density at radius 2 is 1.61 bits per heavy atom. The van der Waals surface area contributed by atoms with Gasteiger partial charge >= 0.3 is 11.9 Å². The van der Waals surface area contributed by atoms with Gasteiger partial charge in [0.15, 0.2) is 0 Å². The molecular weight excluding hydrogens is 240 g/mol. The molecule has 0 aromatic heterocycles. The fourth-order valence-electron chi connectivity index (χ4n) is 1.71. The molecule has 104 valence electrons. The van der Waals surface area contributed by atoms with Crippen LogP contribution in [0.2, 0.25) is 0 Å². The number of rotatable bonds is 8. The highest BCUT2D eigenvalue weighted by Gasteiger charge is 2.44. The first-order valence-electron chi connectivity index (χ1n) is 5.59. The van der Waals surface area contributed by atoms with E-state index in [-0.39, 0.29) is 31.7 Å². The number of ketones is 1. The lowest BCUT2D eigenvalue weighted by Crippen LogP contribution is -2.40.